The molecule has 6 heteroatoms. The Labute approximate surface area is 141 Å². The Kier molecular flexibility index (Phi) is 5.12. The molecule has 0 aliphatic carbocycles. The number of carbonyl (C=O) groups is 1. The van der Waals surface area contributed by atoms with Gasteiger partial charge >= 0.3 is 0 Å². The standard InChI is InChI=1S/C17H18ClNO3S/c1-4-17(20)19(16-11-12(2)5-6-13(16)3)23(21,22)15-9-7-14(18)8-10-15/h5-11H,4H2,1-3H3. The molecule has 0 aliphatic rings. The van der Waals surface area contributed by atoms with Crippen molar-refractivity contribution in [1.29, 1.82) is 0 Å². The third-order valence-corrected chi connectivity index (χ3v) is 5.47. The first kappa shape index (κ1) is 17.5. The first-order valence-corrected chi connectivity index (χ1v) is 9.00. The van der Waals surface area contributed by atoms with Crippen LogP contribution in [0.1, 0.15) is 24.5 Å². The van der Waals surface area contributed by atoms with E-state index in [1.807, 2.05) is 13.0 Å². The summed E-state index contributed by atoms with van der Waals surface area (Å²) in [6.45, 7) is 5.27. The molecule has 4 nitrogen and oxygen atoms in total. The molecule has 0 bridgehead atoms. The van der Waals surface area contributed by atoms with Crippen LogP contribution in [-0.4, -0.2) is 14.3 Å². The summed E-state index contributed by atoms with van der Waals surface area (Å²) in [7, 11) is -4.00. The fourth-order valence-electron chi connectivity index (χ4n) is 2.19. The SMILES string of the molecule is CCC(=O)N(c1cc(C)ccc1C)S(=O)(=O)c1ccc(Cl)cc1. The van der Waals surface area contributed by atoms with Crippen molar-refractivity contribution in [2.24, 2.45) is 0 Å². The molecule has 2 rings (SSSR count). The predicted octanol–water partition coefficient (Wildman–Crippen LogP) is 4.09. The fourth-order valence-corrected chi connectivity index (χ4v) is 3.86. The Morgan fingerprint density at radius 1 is 1.09 bits per heavy atom. The lowest BCUT2D eigenvalue weighted by Gasteiger charge is -2.24. The molecule has 0 atom stereocenters. The summed E-state index contributed by atoms with van der Waals surface area (Å²) in [5.41, 5.74) is 1.98. The number of carbonyl (C=O) groups excluding carboxylic acids is 1. The first-order chi connectivity index (χ1) is 10.8. The summed E-state index contributed by atoms with van der Waals surface area (Å²) < 4.78 is 26.8. The second kappa shape index (κ2) is 6.72. The molecule has 0 aliphatic heterocycles. The highest BCUT2D eigenvalue weighted by molar-refractivity contribution is 7.93. The van der Waals surface area contributed by atoms with E-state index in [0.717, 1.165) is 15.4 Å². The molecule has 2 aromatic rings. The Bertz CT molecular complexity index is 829. The van der Waals surface area contributed by atoms with E-state index < -0.39 is 15.9 Å². The molecular formula is C17H18ClNO3S. The summed E-state index contributed by atoms with van der Waals surface area (Å²) >= 11 is 5.82. The van der Waals surface area contributed by atoms with Crippen LogP contribution in [0.4, 0.5) is 5.69 Å². The monoisotopic (exact) mass is 351 g/mol. The second-order valence-corrected chi connectivity index (χ2v) is 7.48. The fraction of sp³-hybridized carbons (Fsp3) is 0.235. The molecule has 0 saturated heterocycles. The molecule has 0 unspecified atom stereocenters. The van der Waals surface area contributed by atoms with Crippen LogP contribution in [-0.2, 0) is 14.8 Å². The average molecular weight is 352 g/mol. The molecular weight excluding hydrogens is 334 g/mol. The highest BCUT2D eigenvalue weighted by atomic mass is 35.5. The van der Waals surface area contributed by atoms with E-state index in [0.29, 0.717) is 10.7 Å². The van der Waals surface area contributed by atoms with Gasteiger partial charge in [0.1, 0.15) is 0 Å². The van der Waals surface area contributed by atoms with E-state index in [1.54, 1.807) is 26.0 Å². The summed E-state index contributed by atoms with van der Waals surface area (Å²) in [5.74, 6) is -0.478. The average Bonchev–Trinajstić information content (AvgIpc) is 2.51. The van der Waals surface area contributed by atoms with E-state index in [4.69, 9.17) is 11.6 Å². The smallest absolute Gasteiger partial charge is 0.270 e. The third kappa shape index (κ3) is 3.57. The van der Waals surface area contributed by atoms with Gasteiger partial charge in [-0.2, -0.15) is 0 Å². The molecule has 0 saturated carbocycles. The summed E-state index contributed by atoms with van der Waals surface area (Å²) in [6, 6.07) is 11.2. The number of anilines is 1. The van der Waals surface area contributed by atoms with Crippen molar-refractivity contribution in [2.45, 2.75) is 32.1 Å². The molecule has 0 heterocycles. The van der Waals surface area contributed by atoms with Gasteiger partial charge in [0.25, 0.3) is 10.0 Å². The van der Waals surface area contributed by atoms with Crippen LogP contribution in [0.2, 0.25) is 5.02 Å². The number of hydrogen-bond acceptors (Lipinski definition) is 3. The van der Waals surface area contributed by atoms with Gasteiger partial charge in [-0.15, -0.1) is 0 Å². The predicted molar refractivity (Wildman–Crippen MR) is 92.3 cm³/mol. The topological polar surface area (TPSA) is 54.5 Å². The van der Waals surface area contributed by atoms with Crippen molar-refractivity contribution in [3.05, 3.63) is 58.6 Å². The van der Waals surface area contributed by atoms with Crippen molar-refractivity contribution < 1.29 is 13.2 Å². The third-order valence-electron chi connectivity index (χ3n) is 3.46. The van der Waals surface area contributed by atoms with Crippen LogP contribution >= 0.6 is 11.6 Å². The van der Waals surface area contributed by atoms with Crippen molar-refractivity contribution >= 4 is 33.2 Å². The Hall–Kier alpha value is -1.85. The highest BCUT2D eigenvalue weighted by Crippen LogP contribution is 2.29. The lowest BCUT2D eigenvalue weighted by atomic mass is 10.1. The minimum atomic E-state index is -4.00. The van der Waals surface area contributed by atoms with E-state index >= 15 is 0 Å². The lowest BCUT2D eigenvalue weighted by molar-refractivity contribution is -0.117. The number of rotatable bonds is 4. The van der Waals surface area contributed by atoms with Gasteiger partial charge in [0, 0.05) is 11.4 Å². The van der Waals surface area contributed by atoms with Gasteiger partial charge in [-0.3, -0.25) is 4.79 Å². The summed E-state index contributed by atoms with van der Waals surface area (Å²) in [6.07, 6.45) is 0.0835. The van der Waals surface area contributed by atoms with Gasteiger partial charge in [-0.05, 0) is 55.3 Å². The molecule has 23 heavy (non-hydrogen) atoms. The van der Waals surface area contributed by atoms with Crippen molar-refractivity contribution in [3.63, 3.8) is 0 Å². The van der Waals surface area contributed by atoms with Gasteiger partial charge < -0.3 is 0 Å². The molecule has 0 fully saturated rings. The zero-order chi connectivity index (χ0) is 17.2. The van der Waals surface area contributed by atoms with Crippen molar-refractivity contribution in [3.8, 4) is 0 Å². The van der Waals surface area contributed by atoms with Crippen molar-refractivity contribution in [1.82, 2.24) is 0 Å². The van der Waals surface area contributed by atoms with Crippen LogP contribution in [0.15, 0.2) is 47.4 Å². The molecule has 0 N–H and O–H groups in total. The highest BCUT2D eigenvalue weighted by Gasteiger charge is 2.31. The van der Waals surface area contributed by atoms with E-state index in [1.165, 1.54) is 24.3 Å². The molecule has 2 aromatic carbocycles. The maximum atomic E-state index is 13.0. The number of hydrogen-bond donors (Lipinski definition) is 0. The summed E-state index contributed by atoms with van der Waals surface area (Å²) in [5, 5.41) is 0.434. The van der Waals surface area contributed by atoms with E-state index in [9.17, 15) is 13.2 Å². The molecule has 122 valence electrons. The minimum absolute atomic E-state index is 0.0320. The Morgan fingerprint density at radius 3 is 2.26 bits per heavy atom. The zero-order valence-electron chi connectivity index (χ0n) is 13.2. The first-order valence-electron chi connectivity index (χ1n) is 7.18. The molecule has 0 radical (unpaired) electrons. The number of halogens is 1. The van der Waals surface area contributed by atoms with Crippen LogP contribution in [0.25, 0.3) is 0 Å². The molecule has 0 spiro atoms. The van der Waals surface area contributed by atoms with Crippen LogP contribution in [0.3, 0.4) is 0 Å². The van der Waals surface area contributed by atoms with Crippen molar-refractivity contribution in [2.75, 3.05) is 4.31 Å². The quantitative estimate of drug-likeness (QED) is 0.833. The van der Waals surface area contributed by atoms with Gasteiger partial charge in [-0.1, -0.05) is 30.7 Å². The summed E-state index contributed by atoms with van der Waals surface area (Å²) in [4.78, 5) is 12.4. The number of amides is 1. The minimum Gasteiger partial charge on any atom is -0.273 e. The molecule has 0 aromatic heterocycles. The van der Waals surface area contributed by atoms with E-state index in [-0.39, 0.29) is 11.3 Å². The Balaban J connectivity index is 2.65. The van der Waals surface area contributed by atoms with E-state index in [2.05, 4.69) is 0 Å². The number of aryl methyl sites for hydroxylation is 2. The second-order valence-electron chi connectivity index (χ2n) is 5.26. The van der Waals surface area contributed by atoms with Crippen LogP contribution in [0, 0.1) is 13.8 Å². The largest absolute Gasteiger partial charge is 0.273 e. The number of benzene rings is 2. The van der Waals surface area contributed by atoms with Crippen LogP contribution < -0.4 is 4.31 Å². The number of nitrogens with zero attached hydrogens (tertiary/aromatic N) is 1. The zero-order valence-corrected chi connectivity index (χ0v) is 14.8. The lowest BCUT2D eigenvalue weighted by Crippen LogP contribution is -2.37. The molecule has 1 amide bonds. The van der Waals surface area contributed by atoms with Crippen LogP contribution in [0.5, 0.6) is 0 Å². The van der Waals surface area contributed by atoms with Gasteiger partial charge in [0.2, 0.25) is 5.91 Å². The number of sulfonamides is 1. The van der Waals surface area contributed by atoms with Gasteiger partial charge in [0.05, 0.1) is 10.6 Å². The Morgan fingerprint density at radius 2 is 1.70 bits per heavy atom. The maximum absolute atomic E-state index is 13.0. The van der Waals surface area contributed by atoms with Gasteiger partial charge in [-0.25, -0.2) is 12.7 Å². The van der Waals surface area contributed by atoms with Gasteiger partial charge in [0.15, 0.2) is 0 Å². The maximum Gasteiger partial charge on any atom is 0.270 e. The normalized spacial score (nSPS) is 11.3.